The average molecular weight is 383 g/mol. The fourth-order valence-electron chi connectivity index (χ4n) is 2.43. The first-order valence-electron chi connectivity index (χ1n) is 7.56. The summed E-state index contributed by atoms with van der Waals surface area (Å²) in [5, 5.41) is 3.99. The molecule has 2 aromatic rings. The van der Waals surface area contributed by atoms with Gasteiger partial charge in [-0.05, 0) is 42.9 Å². The zero-order valence-electron chi connectivity index (χ0n) is 14.3. The van der Waals surface area contributed by atoms with Crippen molar-refractivity contribution in [3.8, 4) is 11.5 Å². The molecular formula is C18H20Cl2N2O3. The normalized spacial score (nSPS) is 10.6. The van der Waals surface area contributed by atoms with Gasteiger partial charge < -0.3 is 14.8 Å². The van der Waals surface area contributed by atoms with Gasteiger partial charge in [-0.25, -0.2) is 0 Å². The van der Waals surface area contributed by atoms with Crippen LogP contribution >= 0.6 is 23.2 Å². The molecule has 0 saturated carbocycles. The molecule has 0 heterocycles. The average Bonchev–Trinajstić information content (AvgIpc) is 2.53. The standard InChI is InChI=1S/C18H20Cl2N2O3/c1-22(10-12-6-13(19)8-14(20)7-12)11-18(23)21-15-4-5-16(24-2)17(9-15)25-3/h4-9H,10-11H2,1-3H3,(H,21,23). The molecular weight excluding hydrogens is 363 g/mol. The number of ether oxygens (including phenoxy) is 2. The molecule has 25 heavy (non-hydrogen) atoms. The first-order valence-corrected chi connectivity index (χ1v) is 8.32. The maximum absolute atomic E-state index is 12.2. The third kappa shape index (κ3) is 5.81. The lowest BCUT2D eigenvalue weighted by Gasteiger charge is -2.17. The Bertz CT molecular complexity index is 733. The predicted molar refractivity (Wildman–Crippen MR) is 101 cm³/mol. The van der Waals surface area contributed by atoms with Crippen LogP contribution in [0.2, 0.25) is 10.0 Å². The number of rotatable bonds is 7. The fourth-order valence-corrected chi connectivity index (χ4v) is 3.00. The number of anilines is 1. The fraction of sp³-hybridized carbons (Fsp3) is 0.278. The summed E-state index contributed by atoms with van der Waals surface area (Å²) in [5.74, 6) is 1.03. The van der Waals surface area contributed by atoms with Crippen molar-refractivity contribution < 1.29 is 14.3 Å². The van der Waals surface area contributed by atoms with Gasteiger partial charge in [0.1, 0.15) is 0 Å². The Morgan fingerprint density at radius 3 is 2.28 bits per heavy atom. The van der Waals surface area contributed by atoms with Crippen LogP contribution in [0, 0.1) is 0 Å². The lowest BCUT2D eigenvalue weighted by Crippen LogP contribution is -2.29. The Morgan fingerprint density at radius 1 is 1.04 bits per heavy atom. The molecule has 2 rings (SSSR count). The molecule has 0 spiro atoms. The van der Waals surface area contributed by atoms with Crippen molar-refractivity contribution in [2.45, 2.75) is 6.54 Å². The predicted octanol–water partition coefficient (Wildman–Crippen LogP) is 4.08. The van der Waals surface area contributed by atoms with Crippen molar-refractivity contribution in [3.05, 3.63) is 52.0 Å². The lowest BCUT2D eigenvalue weighted by molar-refractivity contribution is -0.117. The van der Waals surface area contributed by atoms with Gasteiger partial charge in [-0.2, -0.15) is 0 Å². The van der Waals surface area contributed by atoms with Crippen LogP contribution in [-0.4, -0.2) is 38.6 Å². The molecule has 0 atom stereocenters. The number of benzene rings is 2. The Labute approximate surface area is 157 Å². The SMILES string of the molecule is COc1ccc(NC(=O)CN(C)Cc2cc(Cl)cc(Cl)c2)cc1OC. The minimum Gasteiger partial charge on any atom is -0.493 e. The highest BCUT2D eigenvalue weighted by atomic mass is 35.5. The minimum absolute atomic E-state index is 0.136. The number of amides is 1. The summed E-state index contributed by atoms with van der Waals surface area (Å²) in [6.45, 7) is 0.776. The van der Waals surface area contributed by atoms with Crippen LogP contribution in [-0.2, 0) is 11.3 Å². The van der Waals surface area contributed by atoms with E-state index in [2.05, 4.69) is 5.32 Å². The van der Waals surface area contributed by atoms with Gasteiger partial charge in [-0.1, -0.05) is 23.2 Å². The van der Waals surface area contributed by atoms with E-state index < -0.39 is 0 Å². The lowest BCUT2D eigenvalue weighted by atomic mass is 10.2. The van der Waals surface area contributed by atoms with Crippen LogP contribution in [0.15, 0.2) is 36.4 Å². The molecule has 0 bridgehead atoms. The Hall–Kier alpha value is -1.95. The van der Waals surface area contributed by atoms with E-state index in [9.17, 15) is 4.79 Å². The van der Waals surface area contributed by atoms with E-state index in [4.69, 9.17) is 32.7 Å². The monoisotopic (exact) mass is 382 g/mol. The van der Waals surface area contributed by atoms with Gasteiger partial charge >= 0.3 is 0 Å². The number of methoxy groups -OCH3 is 2. The maximum Gasteiger partial charge on any atom is 0.238 e. The second-order valence-corrected chi connectivity index (χ2v) is 6.44. The van der Waals surface area contributed by atoms with E-state index in [0.717, 1.165) is 5.56 Å². The van der Waals surface area contributed by atoms with Gasteiger partial charge in [0.05, 0.1) is 20.8 Å². The summed E-state index contributed by atoms with van der Waals surface area (Å²) < 4.78 is 10.4. The van der Waals surface area contributed by atoms with Gasteiger partial charge in [0.15, 0.2) is 11.5 Å². The zero-order chi connectivity index (χ0) is 18.4. The third-order valence-corrected chi connectivity index (χ3v) is 3.89. The molecule has 1 N–H and O–H groups in total. The first-order chi connectivity index (χ1) is 11.9. The van der Waals surface area contributed by atoms with Crippen LogP contribution in [0.1, 0.15) is 5.56 Å². The number of nitrogens with one attached hydrogen (secondary N) is 1. The Balaban J connectivity index is 1.95. The molecule has 0 saturated heterocycles. The van der Waals surface area contributed by atoms with Crippen molar-refractivity contribution in [1.82, 2.24) is 4.90 Å². The van der Waals surface area contributed by atoms with Crippen molar-refractivity contribution in [3.63, 3.8) is 0 Å². The van der Waals surface area contributed by atoms with Gasteiger partial charge in [-0.15, -0.1) is 0 Å². The molecule has 5 nitrogen and oxygen atoms in total. The van der Waals surface area contributed by atoms with Gasteiger partial charge in [0.25, 0.3) is 0 Å². The highest BCUT2D eigenvalue weighted by Gasteiger charge is 2.10. The second kappa shape index (κ2) is 8.94. The minimum atomic E-state index is -0.136. The van der Waals surface area contributed by atoms with Gasteiger partial charge in [0, 0.05) is 28.3 Å². The summed E-state index contributed by atoms with van der Waals surface area (Å²) in [7, 11) is 4.96. The van der Waals surface area contributed by atoms with Crippen molar-refractivity contribution in [2.75, 3.05) is 33.1 Å². The van der Waals surface area contributed by atoms with E-state index in [1.54, 1.807) is 38.5 Å². The number of hydrogen-bond donors (Lipinski definition) is 1. The van der Waals surface area contributed by atoms with Crippen LogP contribution < -0.4 is 14.8 Å². The number of hydrogen-bond acceptors (Lipinski definition) is 4. The van der Waals surface area contributed by atoms with Crippen LogP contribution in [0.4, 0.5) is 5.69 Å². The van der Waals surface area contributed by atoms with Crippen molar-refractivity contribution >= 4 is 34.8 Å². The summed E-state index contributed by atoms with van der Waals surface area (Å²) in [4.78, 5) is 14.1. The molecule has 0 radical (unpaired) electrons. The summed E-state index contributed by atoms with van der Waals surface area (Å²) >= 11 is 12.0. The van der Waals surface area contributed by atoms with Crippen molar-refractivity contribution in [2.24, 2.45) is 0 Å². The van der Waals surface area contributed by atoms with E-state index in [0.29, 0.717) is 33.8 Å². The molecule has 7 heteroatoms. The van der Waals surface area contributed by atoms with Gasteiger partial charge in [-0.3, -0.25) is 9.69 Å². The Kier molecular flexibility index (Phi) is 6.93. The number of likely N-dealkylation sites (N-methyl/N-ethyl adjacent to an activating group) is 1. The van der Waals surface area contributed by atoms with E-state index in [1.165, 1.54) is 0 Å². The van der Waals surface area contributed by atoms with Crippen LogP contribution in [0.5, 0.6) is 11.5 Å². The Morgan fingerprint density at radius 2 is 1.68 bits per heavy atom. The summed E-state index contributed by atoms with van der Waals surface area (Å²) in [6.07, 6.45) is 0. The number of carbonyl (C=O) groups excluding carboxylic acids is 1. The molecule has 0 unspecified atom stereocenters. The van der Waals surface area contributed by atoms with E-state index >= 15 is 0 Å². The van der Waals surface area contributed by atoms with Gasteiger partial charge in [0.2, 0.25) is 5.91 Å². The summed E-state index contributed by atoms with van der Waals surface area (Å²) in [5.41, 5.74) is 1.58. The largest absolute Gasteiger partial charge is 0.493 e. The molecule has 0 aliphatic rings. The molecule has 0 aliphatic carbocycles. The number of nitrogens with zero attached hydrogens (tertiary/aromatic N) is 1. The smallest absolute Gasteiger partial charge is 0.238 e. The summed E-state index contributed by atoms with van der Waals surface area (Å²) in [6, 6.07) is 10.6. The third-order valence-electron chi connectivity index (χ3n) is 3.46. The zero-order valence-corrected chi connectivity index (χ0v) is 15.8. The number of halogens is 2. The molecule has 2 aromatic carbocycles. The molecule has 0 aliphatic heterocycles. The topological polar surface area (TPSA) is 50.8 Å². The molecule has 1 amide bonds. The van der Waals surface area contributed by atoms with Crippen LogP contribution in [0.25, 0.3) is 0 Å². The molecule has 134 valence electrons. The van der Waals surface area contributed by atoms with Crippen molar-refractivity contribution in [1.29, 1.82) is 0 Å². The van der Waals surface area contributed by atoms with Crippen LogP contribution in [0.3, 0.4) is 0 Å². The number of carbonyl (C=O) groups is 1. The first kappa shape index (κ1) is 19.4. The highest BCUT2D eigenvalue weighted by molar-refractivity contribution is 6.34. The second-order valence-electron chi connectivity index (χ2n) is 5.57. The highest BCUT2D eigenvalue weighted by Crippen LogP contribution is 2.29. The molecule has 0 fully saturated rings. The maximum atomic E-state index is 12.2. The quantitative estimate of drug-likeness (QED) is 0.783. The van der Waals surface area contributed by atoms with E-state index in [1.807, 2.05) is 24.1 Å². The molecule has 0 aromatic heterocycles. The van der Waals surface area contributed by atoms with E-state index in [-0.39, 0.29) is 12.5 Å².